The fraction of sp³-hybridized carbons (Fsp3) is 0.409. The molecule has 1 saturated carbocycles. The molecule has 2 aromatic carbocycles. The second-order valence-electron chi connectivity index (χ2n) is 6.67. The van der Waals surface area contributed by atoms with Gasteiger partial charge in [0.05, 0.1) is 0 Å². The molecule has 132 valence electrons. The van der Waals surface area contributed by atoms with E-state index in [1.165, 1.54) is 46.9 Å². The number of aryl methyl sites for hydroxylation is 2. The van der Waals surface area contributed by atoms with E-state index in [9.17, 15) is 4.79 Å². The van der Waals surface area contributed by atoms with E-state index in [0.717, 1.165) is 17.1 Å². The van der Waals surface area contributed by atoms with E-state index < -0.39 is 0 Å². The van der Waals surface area contributed by atoms with Crippen LogP contribution in [0, 0.1) is 6.92 Å². The number of benzene rings is 2. The first-order chi connectivity index (χ1) is 12.1. The molecule has 2 nitrogen and oxygen atoms in total. The molecule has 0 N–H and O–H groups in total. The largest absolute Gasteiger partial charge is 0.489 e. The van der Waals surface area contributed by atoms with Gasteiger partial charge in [-0.05, 0) is 60.9 Å². The Bertz CT molecular complexity index is 763. The quantitative estimate of drug-likeness (QED) is 0.567. The van der Waals surface area contributed by atoms with Gasteiger partial charge >= 0.3 is 0 Å². The molecule has 2 aromatic rings. The molecule has 1 aliphatic carbocycles. The minimum absolute atomic E-state index is 0.206. The molecular weight excluding hydrogens is 328 g/mol. The summed E-state index contributed by atoms with van der Waals surface area (Å²) in [4.78, 5) is 13.0. The zero-order chi connectivity index (χ0) is 17.8. The zero-order valence-corrected chi connectivity index (χ0v) is 16.1. The van der Waals surface area contributed by atoms with E-state index in [-0.39, 0.29) is 5.12 Å². The van der Waals surface area contributed by atoms with Crippen LogP contribution in [0.15, 0.2) is 41.3 Å². The van der Waals surface area contributed by atoms with Gasteiger partial charge in [-0.3, -0.25) is 4.79 Å². The van der Waals surface area contributed by atoms with Crippen molar-refractivity contribution < 1.29 is 9.53 Å². The van der Waals surface area contributed by atoms with Crippen molar-refractivity contribution in [2.24, 2.45) is 0 Å². The SMILES string of the molecule is CCC(=O)Sc1cccc(C2CC2)c1COc1ccc(CC)cc1C. The molecule has 0 atom stereocenters. The molecule has 1 aliphatic rings. The first-order valence-electron chi connectivity index (χ1n) is 9.17. The van der Waals surface area contributed by atoms with Crippen LogP contribution in [-0.2, 0) is 17.8 Å². The van der Waals surface area contributed by atoms with E-state index in [0.29, 0.717) is 18.9 Å². The molecule has 0 heterocycles. The van der Waals surface area contributed by atoms with Crippen LogP contribution in [0.3, 0.4) is 0 Å². The van der Waals surface area contributed by atoms with Gasteiger partial charge in [-0.15, -0.1) is 0 Å². The molecule has 0 radical (unpaired) electrons. The molecule has 0 unspecified atom stereocenters. The summed E-state index contributed by atoms with van der Waals surface area (Å²) in [7, 11) is 0. The third kappa shape index (κ3) is 4.46. The van der Waals surface area contributed by atoms with Crippen LogP contribution < -0.4 is 4.74 Å². The van der Waals surface area contributed by atoms with Crippen LogP contribution in [0.2, 0.25) is 0 Å². The molecular formula is C22H26O2S. The van der Waals surface area contributed by atoms with Crippen molar-refractivity contribution >= 4 is 16.9 Å². The number of rotatable bonds is 7. The van der Waals surface area contributed by atoms with Gasteiger partial charge in [-0.2, -0.15) is 0 Å². The van der Waals surface area contributed by atoms with E-state index in [1.807, 2.05) is 6.92 Å². The molecule has 3 rings (SSSR count). The molecule has 0 aliphatic heterocycles. The maximum Gasteiger partial charge on any atom is 0.193 e. The number of carbonyl (C=O) groups excluding carboxylic acids is 1. The third-order valence-electron chi connectivity index (χ3n) is 4.72. The van der Waals surface area contributed by atoms with Gasteiger partial charge in [0.15, 0.2) is 5.12 Å². The number of hydrogen-bond donors (Lipinski definition) is 0. The Morgan fingerprint density at radius 3 is 2.64 bits per heavy atom. The van der Waals surface area contributed by atoms with Gasteiger partial charge in [0.2, 0.25) is 0 Å². The fourth-order valence-electron chi connectivity index (χ4n) is 3.05. The highest BCUT2D eigenvalue weighted by atomic mass is 32.2. The lowest BCUT2D eigenvalue weighted by atomic mass is 10.0. The van der Waals surface area contributed by atoms with Crippen LogP contribution in [0.25, 0.3) is 0 Å². The van der Waals surface area contributed by atoms with Gasteiger partial charge in [0.25, 0.3) is 0 Å². The van der Waals surface area contributed by atoms with Crippen LogP contribution in [-0.4, -0.2) is 5.12 Å². The lowest BCUT2D eigenvalue weighted by Crippen LogP contribution is -2.04. The summed E-state index contributed by atoms with van der Waals surface area (Å²) in [6.45, 7) is 6.69. The topological polar surface area (TPSA) is 26.3 Å². The Hall–Kier alpha value is -1.74. The molecule has 0 aromatic heterocycles. The Morgan fingerprint density at radius 2 is 2.00 bits per heavy atom. The number of hydrogen-bond acceptors (Lipinski definition) is 3. The Balaban J connectivity index is 1.84. The lowest BCUT2D eigenvalue weighted by Gasteiger charge is -2.16. The summed E-state index contributed by atoms with van der Waals surface area (Å²) in [6.07, 6.45) is 4.07. The van der Waals surface area contributed by atoms with Crippen molar-refractivity contribution in [2.75, 3.05) is 0 Å². The van der Waals surface area contributed by atoms with Gasteiger partial charge in [0.1, 0.15) is 12.4 Å². The molecule has 1 fully saturated rings. The van der Waals surface area contributed by atoms with Gasteiger partial charge in [0, 0.05) is 16.9 Å². The molecule has 0 saturated heterocycles. The maximum absolute atomic E-state index is 12.0. The van der Waals surface area contributed by atoms with Gasteiger partial charge in [-0.1, -0.05) is 49.9 Å². The van der Waals surface area contributed by atoms with E-state index in [2.05, 4.69) is 50.2 Å². The van der Waals surface area contributed by atoms with Crippen molar-refractivity contribution in [3.8, 4) is 5.75 Å². The van der Waals surface area contributed by atoms with Crippen molar-refractivity contribution in [3.05, 3.63) is 58.7 Å². The van der Waals surface area contributed by atoms with Crippen molar-refractivity contribution in [1.82, 2.24) is 0 Å². The second-order valence-corrected chi connectivity index (χ2v) is 7.77. The molecule has 0 spiro atoms. The average molecular weight is 355 g/mol. The van der Waals surface area contributed by atoms with E-state index in [1.54, 1.807) is 0 Å². The van der Waals surface area contributed by atoms with E-state index in [4.69, 9.17) is 4.74 Å². The monoisotopic (exact) mass is 354 g/mol. The predicted molar refractivity (Wildman–Crippen MR) is 104 cm³/mol. The standard InChI is InChI=1S/C22H26O2S/c1-4-16-9-12-20(15(3)13-16)24-14-19-18(17-10-11-17)7-6-8-21(19)25-22(23)5-2/h6-9,12-13,17H,4-5,10-11,14H2,1-3H3. The van der Waals surface area contributed by atoms with Gasteiger partial charge in [-0.25, -0.2) is 0 Å². The fourth-order valence-corrected chi connectivity index (χ4v) is 3.88. The first kappa shape index (κ1) is 18.1. The second kappa shape index (κ2) is 8.09. The predicted octanol–water partition coefficient (Wildman–Crippen LogP) is 6.04. The highest BCUT2D eigenvalue weighted by Crippen LogP contribution is 2.44. The summed E-state index contributed by atoms with van der Waals surface area (Å²) >= 11 is 1.36. The summed E-state index contributed by atoms with van der Waals surface area (Å²) in [5.74, 6) is 1.57. The highest BCUT2D eigenvalue weighted by Gasteiger charge is 2.27. The summed E-state index contributed by atoms with van der Waals surface area (Å²) < 4.78 is 6.17. The van der Waals surface area contributed by atoms with Crippen molar-refractivity contribution in [3.63, 3.8) is 0 Å². The van der Waals surface area contributed by atoms with Crippen LogP contribution >= 0.6 is 11.8 Å². The number of thioether (sulfide) groups is 1. The first-order valence-corrected chi connectivity index (χ1v) is 9.98. The van der Waals surface area contributed by atoms with Crippen LogP contribution in [0.5, 0.6) is 5.75 Å². The average Bonchev–Trinajstić information content (AvgIpc) is 3.46. The van der Waals surface area contributed by atoms with Crippen LogP contribution in [0.1, 0.15) is 61.3 Å². The highest BCUT2D eigenvalue weighted by molar-refractivity contribution is 8.13. The maximum atomic E-state index is 12.0. The minimum Gasteiger partial charge on any atom is -0.489 e. The Morgan fingerprint density at radius 1 is 1.20 bits per heavy atom. The van der Waals surface area contributed by atoms with Crippen molar-refractivity contribution in [2.45, 2.75) is 63.9 Å². The molecule has 0 amide bonds. The van der Waals surface area contributed by atoms with E-state index >= 15 is 0 Å². The minimum atomic E-state index is 0.206. The summed E-state index contributed by atoms with van der Waals surface area (Å²) in [5.41, 5.74) is 5.04. The third-order valence-corrected chi connectivity index (χ3v) is 5.84. The lowest BCUT2D eigenvalue weighted by molar-refractivity contribution is -0.110. The van der Waals surface area contributed by atoms with Crippen LogP contribution in [0.4, 0.5) is 0 Å². The zero-order valence-electron chi connectivity index (χ0n) is 15.3. The van der Waals surface area contributed by atoms with Crippen molar-refractivity contribution in [1.29, 1.82) is 0 Å². The molecule has 25 heavy (non-hydrogen) atoms. The number of ether oxygens (including phenoxy) is 1. The molecule has 0 bridgehead atoms. The summed E-state index contributed by atoms with van der Waals surface area (Å²) in [6, 6.07) is 12.7. The smallest absolute Gasteiger partial charge is 0.193 e. The van der Waals surface area contributed by atoms with Gasteiger partial charge < -0.3 is 4.74 Å². The Labute approximate surface area is 155 Å². The normalized spacial score (nSPS) is 13.7. The Kier molecular flexibility index (Phi) is 5.85. The number of carbonyl (C=O) groups is 1. The molecule has 3 heteroatoms. The summed E-state index contributed by atoms with van der Waals surface area (Å²) in [5, 5.41) is 0.206.